The van der Waals surface area contributed by atoms with Crippen molar-refractivity contribution in [3.63, 3.8) is 0 Å². The maximum atomic E-state index is 12.9. The summed E-state index contributed by atoms with van der Waals surface area (Å²) >= 11 is 3.17. The Morgan fingerprint density at radius 2 is 1.26 bits per heavy atom. The van der Waals surface area contributed by atoms with Crippen LogP contribution in [-0.4, -0.2) is 53.8 Å². The van der Waals surface area contributed by atoms with Gasteiger partial charge in [0.2, 0.25) is 11.3 Å². The lowest BCUT2D eigenvalue weighted by Gasteiger charge is -2.20. The van der Waals surface area contributed by atoms with Crippen LogP contribution in [0.1, 0.15) is 89.5 Å². The molecule has 0 spiro atoms. The second kappa shape index (κ2) is 26.7. The third-order valence-electron chi connectivity index (χ3n) is 6.90. The highest BCUT2D eigenvalue weighted by Crippen LogP contribution is 2.26. The quantitative estimate of drug-likeness (QED) is 0.0323. The number of carbonyl (C=O) groups is 2. The van der Waals surface area contributed by atoms with Gasteiger partial charge in [0.25, 0.3) is 0 Å². The van der Waals surface area contributed by atoms with E-state index in [2.05, 4.69) is 23.7 Å². The number of unbranched alkanes of at least 4 members (excludes halogenated alkanes) is 9. The molecule has 0 aliphatic rings. The van der Waals surface area contributed by atoms with Crippen molar-refractivity contribution in [2.75, 3.05) is 30.6 Å². The lowest BCUT2D eigenvalue weighted by molar-refractivity contribution is -0.671. The SMILES string of the molecule is CCCCCCCCCCCC[NH2+]Cc1ccc(OC(=O)C(N)([NH3+])CCSC)cc1OC(=O)C(N)([NH3+])CCSC.[Cl-].[Cl-].[Cl-]. The van der Waals surface area contributed by atoms with Crippen LogP contribution in [0.15, 0.2) is 18.2 Å². The zero-order valence-corrected chi connectivity index (χ0v) is 30.2. The average Bonchev–Trinajstić information content (AvgIpc) is 2.92. The maximum Gasteiger partial charge on any atom is 0.389 e. The number of rotatable bonds is 23. The minimum atomic E-state index is -1.37. The van der Waals surface area contributed by atoms with Crippen molar-refractivity contribution >= 4 is 35.5 Å². The minimum absolute atomic E-state index is 0. The summed E-state index contributed by atoms with van der Waals surface area (Å²) < 4.78 is 11.3. The number of thioether (sulfide) groups is 2. The van der Waals surface area contributed by atoms with E-state index in [0.29, 0.717) is 36.6 Å². The summed E-state index contributed by atoms with van der Waals surface area (Å²) in [4.78, 5) is 25.6. The van der Waals surface area contributed by atoms with Crippen molar-refractivity contribution in [3.05, 3.63) is 23.8 Å². The third-order valence-corrected chi connectivity index (χ3v) is 8.12. The van der Waals surface area contributed by atoms with Gasteiger partial charge in [-0.15, -0.1) is 0 Å². The molecular formula is C29H56Cl3N5O4S2. The molecule has 254 valence electrons. The summed E-state index contributed by atoms with van der Waals surface area (Å²) in [5.41, 5.74) is 18.0. The molecule has 0 bridgehead atoms. The molecule has 1 aromatic rings. The van der Waals surface area contributed by atoms with E-state index in [1.807, 2.05) is 18.6 Å². The molecule has 1 aromatic carbocycles. The maximum absolute atomic E-state index is 12.9. The largest absolute Gasteiger partial charge is 1.00 e. The first kappa shape index (κ1) is 46.9. The van der Waals surface area contributed by atoms with Gasteiger partial charge >= 0.3 is 11.9 Å². The van der Waals surface area contributed by atoms with Gasteiger partial charge in [-0.2, -0.15) is 23.5 Å². The Morgan fingerprint density at radius 3 is 1.74 bits per heavy atom. The first-order chi connectivity index (χ1) is 19.1. The van der Waals surface area contributed by atoms with Crippen LogP contribution in [-0.2, 0) is 16.1 Å². The highest BCUT2D eigenvalue weighted by atomic mass is 35.5. The topological polar surface area (TPSA) is 177 Å². The van der Waals surface area contributed by atoms with E-state index < -0.39 is 23.3 Å². The number of halogens is 3. The predicted molar refractivity (Wildman–Crippen MR) is 166 cm³/mol. The Balaban J connectivity index is -0.00000533. The van der Waals surface area contributed by atoms with Crippen LogP contribution >= 0.6 is 23.5 Å². The molecular weight excluding hydrogens is 653 g/mol. The van der Waals surface area contributed by atoms with Crippen LogP contribution in [0.3, 0.4) is 0 Å². The molecule has 2 unspecified atom stereocenters. The fraction of sp³-hybridized carbons (Fsp3) is 0.724. The smallest absolute Gasteiger partial charge is 0.389 e. The Morgan fingerprint density at radius 1 is 0.791 bits per heavy atom. The second-order valence-corrected chi connectivity index (χ2v) is 12.8. The van der Waals surface area contributed by atoms with Gasteiger partial charge in [-0.1, -0.05) is 58.3 Å². The van der Waals surface area contributed by atoms with Crippen LogP contribution in [0.4, 0.5) is 0 Å². The highest BCUT2D eigenvalue weighted by molar-refractivity contribution is 7.98. The monoisotopic (exact) mass is 707 g/mol. The number of carbonyl (C=O) groups excluding carboxylic acids is 2. The predicted octanol–water partition coefficient (Wildman–Crippen LogP) is -7.21. The summed E-state index contributed by atoms with van der Waals surface area (Å²) in [5, 5.41) is 2.21. The van der Waals surface area contributed by atoms with E-state index in [4.69, 9.17) is 20.9 Å². The molecule has 0 heterocycles. The minimum Gasteiger partial charge on any atom is -1.00 e. The lowest BCUT2D eigenvalue weighted by atomic mass is 10.1. The number of nitrogens with two attached hydrogens (primary N) is 3. The highest BCUT2D eigenvalue weighted by Gasteiger charge is 2.37. The molecule has 43 heavy (non-hydrogen) atoms. The van der Waals surface area contributed by atoms with Crippen molar-refractivity contribution in [1.82, 2.24) is 0 Å². The molecule has 12 N–H and O–H groups in total. The number of benzene rings is 1. The summed E-state index contributed by atoms with van der Waals surface area (Å²) in [6, 6.07) is 5.05. The zero-order chi connectivity index (χ0) is 29.9. The van der Waals surface area contributed by atoms with Crippen molar-refractivity contribution < 1.29 is 73.1 Å². The van der Waals surface area contributed by atoms with Gasteiger partial charge in [-0.05, 0) is 37.5 Å². The molecule has 9 nitrogen and oxygen atoms in total. The Hall–Kier alpha value is -0.470. The van der Waals surface area contributed by atoms with Gasteiger partial charge < -0.3 is 63.5 Å². The third kappa shape index (κ3) is 20.3. The van der Waals surface area contributed by atoms with Gasteiger partial charge in [0, 0.05) is 36.0 Å². The number of esters is 2. The van der Waals surface area contributed by atoms with E-state index in [1.165, 1.54) is 57.8 Å². The molecule has 0 aromatic heterocycles. The fourth-order valence-electron chi connectivity index (χ4n) is 4.08. The van der Waals surface area contributed by atoms with Gasteiger partial charge in [0.15, 0.2) is 0 Å². The van der Waals surface area contributed by atoms with Crippen LogP contribution in [0, 0.1) is 0 Å². The first-order valence-electron chi connectivity index (χ1n) is 14.7. The number of quaternary nitrogens is 3. The van der Waals surface area contributed by atoms with Gasteiger partial charge in [-0.25, -0.2) is 9.59 Å². The van der Waals surface area contributed by atoms with Crippen molar-refractivity contribution in [2.24, 2.45) is 11.5 Å². The summed E-state index contributed by atoms with van der Waals surface area (Å²) in [5.74, 6) is 0.669. The summed E-state index contributed by atoms with van der Waals surface area (Å²) in [7, 11) is 0. The van der Waals surface area contributed by atoms with Crippen molar-refractivity contribution in [3.8, 4) is 11.5 Å². The molecule has 0 aliphatic carbocycles. The Labute approximate surface area is 286 Å². The van der Waals surface area contributed by atoms with Gasteiger partial charge in [0.05, 0.1) is 6.54 Å². The van der Waals surface area contributed by atoms with Crippen LogP contribution in [0.2, 0.25) is 0 Å². The van der Waals surface area contributed by atoms with Crippen LogP contribution < -0.4 is 74.9 Å². The molecule has 2 atom stereocenters. The number of ether oxygens (including phenoxy) is 2. The normalized spacial score (nSPS) is 13.4. The molecule has 0 amide bonds. The van der Waals surface area contributed by atoms with Gasteiger partial charge in [0.1, 0.15) is 18.0 Å². The van der Waals surface area contributed by atoms with E-state index in [9.17, 15) is 9.59 Å². The van der Waals surface area contributed by atoms with Gasteiger partial charge in [-0.3, -0.25) is 11.5 Å². The molecule has 0 saturated carbocycles. The molecule has 0 radical (unpaired) electrons. The number of hydrogen-bond donors (Lipinski definition) is 5. The number of hydrogen-bond acceptors (Lipinski definition) is 8. The second-order valence-electron chi connectivity index (χ2n) is 10.8. The summed E-state index contributed by atoms with van der Waals surface area (Å²) in [6.45, 7) is 3.86. The Kier molecular flexibility index (Phi) is 29.2. The summed E-state index contributed by atoms with van der Waals surface area (Å²) in [6.07, 6.45) is 17.7. The first-order valence-corrected chi connectivity index (χ1v) is 17.5. The van der Waals surface area contributed by atoms with Crippen molar-refractivity contribution in [1.29, 1.82) is 0 Å². The van der Waals surface area contributed by atoms with Crippen LogP contribution in [0.25, 0.3) is 0 Å². The van der Waals surface area contributed by atoms with E-state index >= 15 is 0 Å². The van der Waals surface area contributed by atoms with E-state index in [0.717, 1.165) is 18.5 Å². The molecule has 0 fully saturated rings. The van der Waals surface area contributed by atoms with E-state index in [1.54, 1.807) is 35.7 Å². The zero-order valence-electron chi connectivity index (χ0n) is 26.3. The standard InChI is InChI=1S/C29H53N5O4S2.3ClH/c1-4-5-6-7-8-9-10-11-12-13-18-34-22-23-14-15-24(37-26(35)28(30,31)16-19-39-2)21-25(23)38-27(36)29(32,33)17-20-40-3;;;/h14-15,21,34H,4-13,16-20,22,30-33H2,1-3H3;3*1H. The molecule has 0 aliphatic heterocycles. The molecule has 0 saturated heterocycles. The fourth-order valence-corrected chi connectivity index (χ4v) is 5.22. The molecule has 14 heteroatoms. The van der Waals surface area contributed by atoms with Crippen LogP contribution in [0.5, 0.6) is 11.5 Å². The molecule has 1 rings (SSSR count). The van der Waals surface area contributed by atoms with E-state index in [-0.39, 0.29) is 43.0 Å². The Bertz CT molecular complexity index is 887. The average molecular weight is 709 g/mol. The lowest BCUT2D eigenvalue weighted by Crippen LogP contribution is -3.00. The van der Waals surface area contributed by atoms with Crippen molar-refractivity contribution in [2.45, 2.75) is 102 Å².